The molecule has 196 valence electrons. The monoisotopic (exact) mass is 636 g/mol. The lowest BCUT2D eigenvalue weighted by molar-refractivity contribution is 0.0180. The summed E-state index contributed by atoms with van der Waals surface area (Å²) < 4.78 is 24.1. The number of hydrogen-bond donors (Lipinski definition) is 0. The Bertz CT molecular complexity index is 1300. The molecule has 0 radical (unpaired) electrons. The zero-order valence-corrected chi connectivity index (χ0v) is 24.5. The quantitative estimate of drug-likeness (QED) is 0.132. The van der Waals surface area contributed by atoms with Gasteiger partial charge in [-0.15, -0.1) is 0 Å². The van der Waals surface area contributed by atoms with Gasteiger partial charge in [0.25, 0.3) is 0 Å². The largest absolute Gasteiger partial charge is 0.491 e. The minimum Gasteiger partial charge on any atom is -0.491 e. The first-order chi connectivity index (χ1) is 18.6. The van der Waals surface area contributed by atoms with E-state index < -0.39 is 5.41 Å². The maximum Gasteiger partial charge on any atom is 0.119 e. The van der Waals surface area contributed by atoms with Crippen molar-refractivity contribution in [1.82, 2.24) is 0 Å². The van der Waals surface area contributed by atoms with Crippen molar-refractivity contribution in [3.63, 3.8) is 0 Å². The van der Waals surface area contributed by atoms with Gasteiger partial charge < -0.3 is 18.9 Å². The van der Waals surface area contributed by atoms with Gasteiger partial charge in [0.1, 0.15) is 12.4 Å². The number of fused-ring (bicyclic) bond motifs is 3. The molecule has 4 aromatic carbocycles. The van der Waals surface area contributed by atoms with Gasteiger partial charge in [0.05, 0.1) is 38.4 Å². The summed E-state index contributed by atoms with van der Waals surface area (Å²) in [6.45, 7) is 3.25. The molecule has 0 amide bonds. The van der Waals surface area contributed by atoms with Crippen LogP contribution in [-0.4, -0.2) is 46.8 Å². The normalized spacial score (nSPS) is 13.2. The Balaban J connectivity index is 1.42. The highest BCUT2D eigenvalue weighted by atomic mass is 79.9. The van der Waals surface area contributed by atoms with Gasteiger partial charge in [-0.25, -0.2) is 0 Å². The Kier molecular flexibility index (Phi) is 8.97. The van der Waals surface area contributed by atoms with E-state index >= 15 is 0 Å². The van der Waals surface area contributed by atoms with E-state index in [-0.39, 0.29) is 0 Å². The van der Waals surface area contributed by atoms with Gasteiger partial charge in [0, 0.05) is 16.1 Å². The fraction of sp³-hybridized carbons (Fsp3) is 0.250. The van der Waals surface area contributed by atoms with Gasteiger partial charge in [0.2, 0.25) is 0 Å². The van der Waals surface area contributed by atoms with E-state index in [0.717, 1.165) is 14.7 Å². The van der Waals surface area contributed by atoms with Crippen molar-refractivity contribution >= 4 is 31.9 Å². The lowest BCUT2D eigenvalue weighted by Gasteiger charge is -2.34. The zero-order chi connectivity index (χ0) is 26.4. The van der Waals surface area contributed by atoms with Gasteiger partial charge in [0.15, 0.2) is 0 Å². The van der Waals surface area contributed by atoms with E-state index in [0.29, 0.717) is 39.6 Å². The molecule has 0 N–H and O–H groups in total. The second-order valence-corrected chi connectivity index (χ2v) is 10.9. The van der Waals surface area contributed by atoms with Crippen molar-refractivity contribution in [3.05, 3.63) is 122 Å². The smallest absolute Gasteiger partial charge is 0.119 e. The molecule has 4 nitrogen and oxygen atoms in total. The van der Waals surface area contributed by atoms with Crippen LogP contribution in [0.3, 0.4) is 0 Å². The topological polar surface area (TPSA) is 36.9 Å². The molecule has 38 heavy (non-hydrogen) atoms. The van der Waals surface area contributed by atoms with Crippen molar-refractivity contribution in [2.45, 2.75) is 5.41 Å². The second-order valence-electron chi connectivity index (χ2n) is 9.09. The van der Waals surface area contributed by atoms with Gasteiger partial charge in [-0.3, -0.25) is 0 Å². The first kappa shape index (κ1) is 27.1. The summed E-state index contributed by atoms with van der Waals surface area (Å²) >= 11 is 7.48. The van der Waals surface area contributed by atoms with Crippen molar-refractivity contribution in [1.29, 1.82) is 0 Å². The van der Waals surface area contributed by atoms with E-state index in [9.17, 15) is 0 Å². The molecule has 0 saturated heterocycles. The fourth-order valence-electron chi connectivity index (χ4n) is 5.23. The Morgan fingerprint density at radius 3 is 1.68 bits per heavy atom. The predicted octanol–water partition coefficient (Wildman–Crippen LogP) is 7.63. The van der Waals surface area contributed by atoms with Crippen LogP contribution in [0.15, 0.2) is 99.9 Å². The highest BCUT2D eigenvalue weighted by Gasteiger charge is 2.46. The number of benzene rings is 4. The van der Waals surface area contributed by atoms with Crippen LogP contribution >= 0.6 is 31.9 Å². The van der Waals surface area contributed by atoms with Crippen molar-refractivity contribution in [2.24, 2.45) is 0 Å². The van der Waals surface area contributed by atoms with Crippen molar-refractivity contribution < 1.29 is 18.9 Å². The summed E-state index contributed by atoms with van der Waals surface area (Å²) in [5.41, 5.74) is 7.00. The lowest BCUT2D eigenvalue weighted by Crippen LogP contribution is -2.28. The first-order valence-electron chi connectivity index (χ1n) is 12.7. The average Bonchev–Trinajstić information content (AvgIpc) is 3.22. The number of halogens is 2. The molecule has 0 spiro atoms. The molecule has 4 aromatic rings. The second kappa shape index (κ2) is 12.6. The maximum atomic E-state index is 5.98. The maximum absolute atomic E-state index is 5.98. The van der Waals surface area contributed by atoms with Crippen molar-refractivity contribution in [3.8, 4) is 16.9 Å². The molecule has 1 aliphatic carbocycles. The SMILES string of the molecule is COCCOCCOCCOc1ccc(C2(c3ccccc3)c3cc(Br)ccc3-c3ccc(Br)cc32)cc1. The predicted molar refractivity (Wildman–Crippen MR) is 158 cm³/mol. The van der Waals surface area contributed by atoms with Crippen LogP contribution in [0.1, 0.15) is 22.3 Å². The summed E-state index contributed by atoms with van der Waals surface area (Å²) in [5.74, 6) is 0.818. The van der Waals surface area contributed by atoms with Gasteiger partial charge in [-0.05, 0) is 69.8 Å². The Labute approximate surface area is 241 Å². The van der Waals surface area contributed by atoms with E-state index in [2.05, 4.69) is 123 Å². The first-order valence-corrected chi connectivity index (χ1v) is 14.3. The molecule has 5 rings (SSSR count). The summed E-state index contributed by atoms with van der Waals surface area (Å²) in [5, 5.41) is 0. The summed E-state index contributed by atoms with van der Waals surface area (Å²) in [6.07, 6.45) is 0. The minimum absolute atomic E-state index is 0.454. The third-order valence-electron chi connectivity index (χ3n) is 6.86. The number of hydrogen-bond acceptors (Lipinski definition) is 4. The third kappa shape index (κ3) is 5.47. The highest BCUT2D eigenvalue weighted by molar-refractivity contribution is 9.10. The summed E-state index contributed by atoms with van der Waals surface area (Å²) in [6, 6.07) is 32.4. The fourth-order valence-corrected chi connectivity index (χ4v) is 5.95. The molecule has 0 heterocycles. The van der Waals surface area contributed by atoms with Crippen LogP contribution < -0.4 is 4.74 Å². The standard InChI is InChI=1S/C32H30Br2O4/c1-35-15-16-36-17-18-37-19-20-38-27-11-7-24(8-12-27)32(23-5-3-2-4-6-23)30-21-25(33)9-13-28(30)29-14-10-26(34)22-31(29)32/h2-14,21-22H,15-20H2,1H3. The third-order valence-corrected chi connectivity index (χ3v) is 7.84. The number of ether oxygens (including phenoxy) is 4. The summed E-state index contributed by atoms with van der Waals surface area (Å²) in [7, 11) is 1.66. The van der Waals surface area contributed by atoms with E-state index in [1.165, 1.54) is 33.4 Å². The Morgan fingerprint density at radius 1 is 0.579 bits per heavy atom. The lowest BCUT2D eigenvalue weighted by atomic mass is 9.68. The van der Waals surface area contributed by atoms with Gasteiger partial charge >= 0.3 is 0 Å². The zero-order valence-electron chi connectivity index (χ0n) is 21.3. The molecule has 1 aliphatic rings. The van der Waals surface area contributed by atoms with E-state index in [1.54, 1.807) is 7.11 Å². The van der Waals surface area contributed by atoms with Crippen LogP contribution in [0.25, 0.3) is 11.1 Å². The molecule has 0 atom stereocenters. The molecule has 0 fully saturated rings. The van der Waals surface area contributed by atoms with Crippen LogP contribution in [0.4, 0.5) is 0 Å². The minimum atomic E-state index is -0.454. The molecule has 0 bridgehead atoms. The Morgan fingerprint density at radius 2 is 1.11 bits per heavy atom. The molecule has 0 unspecified atom stereocenters. The number of methoxy groups -OCH3 is 1. The molecule has 6 heteroatoms. The summed E-state index contributed by atoms with van der Waals surface area (Å²) in [4.78, 5) is 0. The van der Waals surface area contributed by atoms with E-state index in [4.69, 9.17) is 18.9 Å². The van der Waals surface area contributed by atoms with Crippen molar-refractivity contribution in [2.75, 3.05) is 46.8 Å². The molecule has 0 aliphatic heterocycles. The molecular weight excluding hydrogens is 608 g/mol. The highest BCUT2D eigenvalue weighted by Crippen LogP contribution is 2.57. The van der Waals surface area contributed by atoms with Crippen LogP contribution in [-0.2, 0) is 19.6 Å². The van der Waals surface area contributed by atoms with Gasteiger partial charge in [-0.2, -0.15) is 0 Å². The molecule has 0 saturated carbocycles. The van der Waals surface area contributed by atoms with E-state index in [1.807, 2.05) is 0 Å². The average molecular weight is 638 g/mol. The number of rotatable bonds is 12. The van der Waals surface area contributed by atoms with Crippen LogP contribution in [0.2, 0.25) is 0 Å². The van der Waals surface area contributed by atoms with Crippen LogP contribution in [0.5, 0.6) is 5.75 Å². The molecular formula is C32H30Br2O4. The van der Waals surface area contributed by atoms with Gasteiger partial charge in [-0.1, -0.05) is 86.5 Å². The van der Waals surface area contributed by atoms with Crippen LogP contribution in [0, 0.1) is 0 Å². The molecule has 0 aromatic heterocycles. The Hall–Kier alpha value is -2.48.